The number of amides is 1. The molecule has 0 radical (unpaired) electrons. The highest BCUT2D eigenvalue weighted by Crippen LogP contribution is 2.34. The number of aliphatic imine (C=N–C) groups is 1. The molecule has 1 fully saturated rings. The number of fused-ring (bicyclic) bond motifs is 1. The number of sulfonamides is 1. The van der Waals surface area contributed by atoms with Crippen LogP contribution in [0.1, 0.15) is 36.5 Å². The van der Waals surface area contributed by atoms with Gasteiger partial charge in [-0.05, 0) is 60.0 Å². The second-order valence-corrected chi connectivity index (χ2v) is 22.2. The number of halogens is 4. The van der Waals surface area contributed by atoms with Gasteiger partial charge in [0, 0.05) is 75.4 Å². The molecule has 0 spiro atoms. The van der Waals surface area contributed by atoms with Crippen LogP contribution in [0.25, 0.3) is 17.2 Å². The number of nitrogens with zero attached hydrogens (tertiary/aromatic N) is 4. The second kappa shape index (κ2) is 38.6. The highest BCUT2D eigenvalue weighted by atomic mass is 32.2. The molecule has 6 rings (SSSR count). The summed E-state index contributed by atoms with van der Waals surface area (Å²) in [6, 6.07) is 20.7. The normalized spacial score (nSPS) is 13.7. The van der Waals surface area contributed by atoms with Crippen molar-refractivity contribution in [2.24, 2.45) is 16.6 Å². The fourth-order valence-corrected chi connectivity index (χ4v) is 10.4. The summed E-state index contributed by atoms with van der Waals surface area (Å²) in [6.45, 7) is 11.2. The Hall–Kier alpha value is -5.82. The Balaban J connectivity index is 0.705. The molecule has 480 valence electrons. The second-order valence-electron chi connectivity index (χ2n) is 20.2. The number of carbonyl (C=O) groups is 2. The molecule has 26 heteroatoms. The molecule has 0 atom stereocenters. The van der Waals surface area contributed by atoms with Crippen molar-refractivity contribution in [2.75, 3.05) is 172 Å². The fourth-order valence-electron chi connectivity index (χ4n) is 8.75. The van der Waals surface area contributed by atoms with E-state index in [-0.39, 0.29) is 62.2 Å². The van der Waals surface area contributed by atoms with Crippen LogP contribution in [0, 0.1) is 29.2 Å². The van der Waals surface area contributed by atoms with Crippen LogP contribution in [0.15, 0.2) is 88.3 Å². The highest BCUT2D eigenvalue weighted by Gasteiger charge is 2.36. The lowest BCUT2D eigenvalue weighted by atomic mass is 10.0. The smallest absolute Gasteiger partial charge is 0.337 e. The Labute approximate surface area is 506 Å². The molecule has 3 N–H and O–H groups in total. The zero-order valence-corrected chi connectivity index (χ0v) is 50.3. The van der Waals surface area contributed by atoms with Crippen molar-refractivity contribution in [3.63, 3.8) is 0 Å². The molecule has 4 aromatic rings. The Morgan fingerprint density at radius 3 is 1.62 bits per heavy atom. The van der Waals surface area contributed by atoms with Gasteiger partial charge in [-0.1, -0.05) is 55.5 Å². The summed E-state index contributed by atoms with van der Waals surface area (Å²) in [4.78, 5) is 34.7. The zero-order valence-electron chi connectivity index (χ0n) is 49.4. The van der Waals surface area contributed by atoms with E-state index in [1.165, 1.54) is 4.31 Å². The van der Waals surface area contributed by atoms with Gasteiger partial charge in [-0.2, -0.15) is 13.1 Å². The van der Waals surface area contributed by atoms with E-state index in [9.17, 15) is 40.7 Å². The minimum absolute atomic E-state index is 0.00238. The van der Waals surface area contributed by atoms with Crippen LogP contribution in [0.2, 0.25) is 0 Å². The predicted molar refractivity (Wildman–Crippen MR) is 314 cm³/mol. The first-order valence-corrected chi connectivity index (χ1v) is 30.4. The number of aliphatic hydroxyl groups excluding tert-OH is 1. The third-order valence-electron chi connectivity index (χ3n) is 13.4. The zero-order chi connectivity index (χ0) is 62.2. The van der Waals surface area contributed by atoms with Crippen molar-refractivity contribution in [3.05, 3.63) is 118 Å². The first kappa shape index (κ1) is 70.3. The number of hydrogen-bond donors (Lipinski definition) is 2. The van der Waals surface area contributed by atoms with Gasteiger partial charge in [0.15, 0.2) is 11.6 Å². The third kappa shape index (κ3) is 24.2. The lowest BCUT2D eigenvalue weighted by Crippen LogP contribution is -2.51. The Kier molecular flexibility index (Phi) is 31.1. The summed E-state index contributed by atoms with van der Waals surface area (Å²) in [7, 11) is -1.65. The number of likely N-dealkylation sites (N-methyl/N-ethyl adjacent to an activating group) is 1. The Morgan fingerprint density at radius 2 is 1.11 bits per heavy atom. The van der Waals surface area contributed by atoms with Gasteiger partial charge in [0.1, 0.15) is 12.4 Å². The summed E-state index contributed by atoms with van der Waals surface area (Å²) >= 11 is 0. The number of benzene rings is 4. The molecule has 4 aromatic carbocycles. The van der Waals surface area contributed by atoms with E-state index >= 15 is 0 Å². The molecular weight excluding hydrogens is 1170 g/mol. The van der Waals surface area contributed by atoms with E-state index < -0.39 is 51.6 Å². The van der Waals surface area contributed by atoms with Gasteiger partial charge >= 0.3 is 5.97 Å². The summed E-state index contributed by atoms with van der Waals surface area (Å²) < 4.78 is 140. The molecule has 87 heavy (non-hydrogen) atoms. The first-order valence-electron chi connectivity index (χ1n) is 28.9. The van der Waals surface area contributed by atoms with E-state index in [0.29, 0.717) is 148 Å². The topological polar surface area (TPSA) is 238 Å². The molecule has 0 saturated carbocycles. The maximum atomic E-state index is 14.1. The molecule has 2 aliphatic rings. The van der Waals surface area contributed by atoms with Crippen LogP contribution in [0.4, 0.5) is 23.2 Å². The van der Waals surface area contributed by atoms with E-state index in [2.05, 4.69) is 38.9 Å². The van der Waals surface area contributed by atoms with Gasteiger partial charge in [0.25, 0.3) is 5.91 Å². The number of carbonyl (C=O) groups excluding carboxylic acids is 2. The van der Waals surface area contributed by atoms with E-state index in [1.807, 2.05) is 49.2 Å². The number of ether oxygens (including phenoxy) is 11. The SMILES string of the molecule is CCCN(Cc1ccc(CN(C)CCOCCOCCOCCOCCOCCOCCOCCOCCOCCOCC(=O)Oc2c(F)c(F)cc(F)c2F)cc1)C(=O)C1=Cc2ccc(-c3cccc(S(=O)(=O)N4CC(CO)C4)c3)cc2N=C(N)C1. The van der Waals surface area contributed by atoms with Crippen molar-refractivity contribution in [1.82, 2.24) is 14.1 Å². The number of hydrogen-bond acceptors (Lipinski definition) is 19. The van der Waals surface area contributed by atoms with Gasteiger partial charge in [-0.15, -0.1) is 0 Å². The van der Waals surface area contributed by atoms with Crippen LogP contribution in [0.3, 0.4) is 0 Å². The molecule has 2 aliphatic heterocycles. The average Bonchev–Trinajstić information content (AvgIpc) is 1.79. The van der Waals surface area contributed by atoms with Crippen molar-refractivity contribution in [1.29, 1.82) is 0 Å². The first-order chi connectivity index (χ1) is 42.2. The predicted octanol–water partition coefficient (Wildman–Crippen LogP) is 5.94. The van der Waals surface area contributed by atoms with E-state index in [0.717, 1.165) is 41.8 Å². The summed E-state index contributed by atoms with van der Waals surface area (Å²) in [5, 5.41) is 9.38. The summed E-state index contributed by atoms with van der Waals surface area (Å²) in [6.07, 6.45) is 2.82. The third-order valence-corrected chi connectivity index (χ3v) is 15.2. The molecule has 0 unspecified atom stereocenters. The molecule has 0 aliphatic carbocycles. The number of aliphatic hydroxyl groups is 1. The Bertz CT molecular complexity index is 2900. The van der Waals surface area contributed by atoms with Gasteiger partial charge in [0.05, 0.1) is 136 Å². The molecule has 1 amide bonds. The van der Waals surface area contributed by atoms with Crippen LogP contribution < -0.4 is 10.5 Å². The lowest BCUT2D eigenvalue weighted by Gasteiger charge is -2.36. The summed E-state index contributed by atoms with van der Waals surface area (Å²) in [5.41, 5.74) is 11.9. The minimum Gasteiger partial charge on any atom is -0.418 e. The maximum absolute atomic E-state index is 14.1. The van der Waals surface area contributed by atoms with Crippen molar-refractivity contribution >= 4 is 39.5 Å². The fraction of sp³-hybridized carbons (Fsp3) is 0.525. The molecule has 1 saturated heterocycles. The monoisotopic (exact) mass is 1250 g/mol. The molecule has 21 nitrogen and oxygen atoms in total. The number of rotatable bonds is 44. The average molecular weight is 1250 g/mol. The van der Waals surface area contributed by atoms with E-state index in [4.69, 9.17) is 53.1 Å². The number of amidine groups is 1. The number of nitrogens with two attached hydrogens (primary N) is 1. The van der Waals surface area contributed by atoms with Gasteiger partial charge < -0.3 is 67.8 Å². The van der Waals surface area contributed by atoms with Gasteiger partial charge in [-0.25, -0.2) is 27.0 Å². The minimum atomic E-state index is -3.70. The molecular formula is C61H81F4N5O16S. The van der Waals surface area contributed by atoms with Crippen LogP contribution in [0.5, 0.6) is 5.75 Å². The van der Waals surface area contributed by atoms with Gasteiger partial charge in [0.2, 0.25) is 27.4 Å². The van der Waals surface area contributed by atoms with E-state index in [1.54, 1.807) is 18.2 Å². The standard InChI is InChI=1S/C61H81F4N5O16S/c1-3-13-69(61(73)51-34-50-12-11-49(36-55(50)67-56(66)37-51)48-5-4-6-52(35-48)87(74,75)70-41-47(42-70)43-71)40-46-9-7-45(8-10-46)39-68(2)14-15-76-16-17-77-18-19-78-20-21-79-22-23-80-24-25-81-26-27-82-28-29-83-30-31-84-32-33-85-44-57(72)86-60-58(64)53(62)38-54(63)59(60)65/h4-12,34-36,38,47,71H,3,13-33,37,39-44H2,1-2H3,(H2,66,67). The van der Waals surface area contributed by atoms with Crippen molar-refractivity contribution in [2.45, 2.75) is 37.8 Å². The van der Waals surface area contributed by atoms with Crippen LogP contribution in [-0.4, -0.2) is 217 Å². The highest BCUT2D eigenvalue weighted by molar-refractivity contribution is 7.89. The largest absolute Gasteiger partial charge is 0.418 e. The molecule has 2 heterocycles. The van der Waals surface area contributed by atoms with Crippen molar-refractivity contribution < 1.29 is 92.8 Å². The molecule has 0 bridgehead atoms. The Morgan fingerprint density at radius 1 is 0.632 bits per heavy atom. The maximum Gasteiger partial charge on any atom is 0.337 e. The van der Waals surface area contributed by atoms with Gasteiger partial charge in [-0.3, -0.25) is 9.69 Å². The van der Waals surface area contributed by atoms with Crippen LogP contribution >= 0.6 is 0 Å². The molecule has 0 aromatic heterocycles. The van der Waals surface area contributed by atoms with Crippen molar-refractivity contribution in [3.8, 4) is 16.9 Å². The van der Waals surface area contributed by atoms with Crippen LogP contribution in [-0.2, 0) is 80.1 Å². The lowest BCUT2D eigenvalue weighted by molar-refractivity contribution is -0.140. The summed E-state index contributed by atoms with van der Waals surface area (Å²) in [5.74, 6) is -9.62. The number of esters is 1. The quantitative estimate of drug-likeness (QED) is 0.0171.